The van der Waals surface area contributed by atoms with Gasteiger partial charge in [-0.05, 0) is 26.2 Å². The lowest BCUT2D eigenvalue weighted by molar-refractivity contribution is -0.141. The molecule has 1 aliphatic carbocycles. The maximum atomic E-state index is 12.4. The number of aryl methyl sites for hydroxylation is 1. The van der Waals surface area contributed by atoms with E-state index in [2.05, 4.69) is 9.97 Å². The predicted molar refractivity (Wildman–Crippen MR) is 50.0 cm³/mol. The molecule has 0 N–H and O–H groups in total. The Morgan fingerprint density at radius 1 is 1.31 bits per heavy atom. The zero-order valence-electron chi connectivity index (χ0n) is 8.71. The van der Waals surface area contributed by atoms with Crippen molar-refractivity contribution in [2.45, 2.75) is 38.5 Å². The monoisotopic (exact) mass is 232 g/mol. The molecule has 1 aromatic rings. The maximum absolute atomic E-state index is 12.4. The molecular weight excluding hydrogens is 221 g/mol. The van der Waals surface area contributed by atoms with E-state index in [0.717, 1.165) is 25.3 Å². The largest absolute Gasteiger partial charge is 0.474 e. The molecule has 88 valence electrons. The lowest BCUT2D eigenvalue weighted by Crippen LogP contribution is -2.25. The molecule has 16 heavy (non-hydrogen) atoms. The van der Waals surface area contributed by atoms with E-state index in [1.807, 2.05) is 0 Å². The minimum Gasteiger partial charge on any atom is -0.474 e. The fraction of sp³-hybridized carbons (Fsp3) is 0.600. The molecule has 1 fully saturated rings. The molecular formula is C10H11F3N2O. The molecule has 0 aromatic carbocycles. The maximum Gasteiger partial charge on any atom is 0.433 e. The molecule has 1 saturated carbocycles. The third kappa shape index (κ3) is 2.43. The molecule has 0 radical (unpaired) electrons. The minimum atomic E-state index is -4.45. The van der Waals surface area contributed by atoms with Crippen LogP contribution in [-0.2, 0) is 6.18 Å². The number of rotatable bonds is 2. The number of hydrogen-bond acceptors (Lipinski definition) is 3. The van der Waals surface area contributed by atoms with Crippen LogP contribution in [0, 0.1) is 6.92 Å². The minimum absolute atomic E-state index is 0.00961. The van der Waals surface area contributed by atoms with Gasteiger partial charge in [0.05, 0.1) is 0 Å². The Bertz CT molecular complexity index is 388. The molecule has 1 aromatic heterocycles. The van der Waals surface area contributed by atoms with Gasteiger partial charge in [0.25, 0.3) is 0 Å². The highest BCUT2D eigenvalue weighted by molar-refractivity contribution is 5.18. The smallest absolute Gasteiger partial charge is 0.433 e. The molecule has 6 heteroatoms. The number of halogens is 3. The molecule has 2 rings (SSSR count). The predicted octanol–water partition coefficient (Wildman–Crippen LogP) is 2.74. The quantitative estimate of drug-likeness (QED) is 0.786. The van der Waals surface area contributed by atoms with Crippen LogP contribution in [0.4, 0.5) is 13.2 Å². The van der Waals surface area contributed by atoms with Crippen LogP contribution >= 0.6 is 0 Å². The van der Waals surface area contributed by atoms with Crippen molar-refractivity contribution in [2.75, 3.05) is 0 Å². The van der Waals surface area contributed by atoms with Crippen molar-refractivity contribution < 1.29 is 17.9 Å². The summed E-state index contributed by atoms with van der Waals surface area (Å²) in [5, 5.41) is 0. The molecule has 1 heterocycles. The van der Waals surface area contributed by atoms with Crippen LogP contribution in [0.3, 0.4) is 0 Å². The molecule has 0 unspecified atom stereocenters. The summed E-state index contributed by atoms with van der Waals surface area (Å²) in [4.78, 5) is 7.18. The summed E-state index contributed by atoms with van der Waals surface area (Å²) >= 11 is 0. The van der Waals surface area contributed by atoms with E-state index >= 15 is 0 Å². The third-order valence-corrected chi connectivity index (χ3v) is 2.44. The van der Waals surface area contributed by atoms with Crippen molar-refractivity contribution in [1.29, 1.82) is 0 Å². The van der Waals surface area contributed by atoms with Crippen molar-refractivity contribution in [2.24, 2.45) is 0 Å². The Kier molecular flexibility index (Phi) is 2.73. The number of nitrogens with zero attached hydrogens (tertiary/aromatic N) is 2. The SMILES string of the molecule is Cc1nc(OC2CCC2)cc(C(F)(F)F)n1. The molecule has 0 saturated heterocycles. The molecule has 1 aliphatic rings. The van der Waals surface area contributed by atoms with Gasteiger partial charge in [0.15, 0.2) is 5.69 Å². The van der Waals surface area contributed by atoms with E-state index in [4.69, 9.17) is 4.74 Å². The summed E-state index contributed by atoms with van der Waals surface area (Å²) in [6.45, 7) is 1.42. The van der Waals surface area contributed by atoms with Crippen molar-refractivity contribution in [1.82, 2.24) is 9.97 Å². The highest BCUT2D eigenvalue weighted by atomic mass is 19.4. The fourth-order valence-electron chi connectivity index (χ4n) is 1.41. The first-order valence-corrected chi connectivity index (χ1v) is 5.05. The summed E-state index contributed by atoms with van der Waals surface area (Å²) < 4.78 is 42.6. The van der Waals surface area contributed by atoms with E-state index in [-0.39, 0.29) is 17.8 Å². The Morgan fingerprint density at radius 3 is 2.50 bits per heavy atom. The molecule has 0 amide bonds. The molecule has 3 nitrogen and oxygen atoms in total. The average molecular weight is 232 g/mol. The van der Waals surface area contributed by atoms with Gasteiger partial charge in [0.1, 0.15) is 11.9 Å². The zero-order chi connectivity index (χ0) is 11.8. The molecule has 0 bridgehead atoms. The van der Waals surface area contributed by atoms with E-state index in [0.29, 0.717) is 0 Å². The van der Waals surface area contributed by atoms with Gasteiger partial charge >= 0.3 is 6.18 Å². The molecule has 0 aliphatic heterocycles. The standard InChI is InChI=1S/C10H11F3N2O/c1-6-14-8(10(11,12)13)5-9(15-6)16-7-3-2-4-7/h5,7H,2-4H2,1H3. The number of alkyl halides is 3. The second-order valence-electron chi connectivity index (χ2n) is 3.81. The van der Waals surface area contributed by atoms with Gasteiger partial charge in [-0.3, -0.25) is 0 Å². The highest BCUT2D eigenvalue weighted by Gasteiger charge is 2.34. The molecule has 0 spiro atoms. The van der Waals surface area contributed by atoms with Gasteiger partial charge in [-0.2, -0.15) is 18.2 Å². The molecule has 0 atom stereocenters. The Balaban J connectivity index is 2.21. The summed E-state index contributed by atoms with van der Waals surface area (Å²) in [5.41, 5.74) is -0.950. The average Bonchev–Trinajstić information content (AvgIpc) is 2.09. The van der Waals surface area contributed by atoms with E-state index in [9.17, 15) is 13.2 Å². The van der Waals surface area contributed by atoms with Gasteiger partial charge in [-0.1, -0.05) is 0 Å². The summed E-state index contributed by atoms with van der Waals surface area (Å²) in [5.74, 6) is 0.0914. The van der Waals surface area contributed by atoms with Crippen LogP contribution in [0.2, 0.25) is 0 Å². The van der Waals surface area contributed by atoms with Gasteiger partial charge in [0.2, 0.25) is 5.88 Å². The number of hydrogen-bond donors (Lipinski definition) is 0. The fourth-order valence-corrected chi connectivity index (χ4v) is 1.41. The van der Waals surface area contributed by atoms with Crippen LogP contribution in [0.5, 0.6) is 5.88 Å². The van der Waals surface area contributed by atoms with E-state index in [1.54, 1.807) is 0 Å². The first-order chi connectivity index (χ1) is 7.45. The number of aromatic nitrogens is 2. The second-order valence-corrected chi connectivity index (χ2v) is 3.81. The van der Waals surface area contributed by atoms with Gasteiger partial charge in [0, 0.05) is 6.07 Å². The van der Waals surface area contributed by atoms with Crippen LogP contribution in [0.1, 0.15) is 30.8 Å². The van der Waals surface area contributed by atoms with Gasteiger partial charge in [-0.15, -0.1) is 0 Å². The van der Waals surface area contributed by atoms with Crippen LogP contribution in [0.25, 0.3) is 0 Å². The van der Waals surface area contributed by atoms with Crippen molar-refractivity contribution in [3.05, 3.63) is 17.6 Å². The van der Waals surface area contributed by atoms with E-state index in [1.165, 1.54) is 6.92 Å². The lowest BCUT2D eigenvalue weighted by atomic mass is 9.96. The Hall–Kier alpha value is -1.33. The van der Waals surface area contributed by atoms with Gasteiger partial charge in [-0.25, -0.2) is 4.98 Å². The van der Waals surface area contributed by atoms with Gasteiger partial charge < -0.3 is 4.74 Å². The Labute approximate surface area is 90.7 Å². The summed E-state index contributed by atoms with van der Waals surface area (Å²) in [6, 6.07) is 0.852. The van der Waals surface area contributed by atoms with Crippen LogP contribution in [0.15, 0.2) is 6.07 Å². The zero-order valence-corrected chi connectivity index (χ0v) is 8.71. The Morgan fingerprint density at radius 2 is 2.00 bits per heavy atom. The second kappa shape index (κ2) is 3.92. The summed E-state index contributed by atoms with van der Waals surface area (Å²) in [6.07, 6.45) is -1.63. The number of ether oxygens (including phenoxy) is 1. The van der Waals surface area contributed by atoms with Crippen molar-refractivity contribution in [3.63, 3.8) is 0 Å². The lowest BCUT2D eigenvalue weighted by Gasteiger charge is -2.25. The van der Waals surface area contributed by atoms with Crippen molar-refractivity contribution >= 4 is 0 Å². The topological polar surface area (TPSA) is 35.0 Å². The highest BCUT2D eigenvalue weighted by Crippen LogP contribution is 2.31. The third-order valence-electron chi connectivity index (χ3n) is 2.44. The van der Waals surface area contributed by atoms with Crippen LogP contribution in [-0.4, -0.2) is 16.1 Å². The van der Waals surface area contributed by atoms with E-state index < -0.39 is 11.9 Å². The summed E-state index contributed by atoms with van der Waals surface area (Å²) in [7, 11) is 0. The van der Waals surface area contributed by atoms with Crippen LogP contribution < -0.4 is 4.74 Å². The first kappa shape index (κ1) is 11.2. The van der Waals surface area contributed by atoms with Crippen molar-refractivity contribution in [3.8, 4) is 5.88 Å². The first-order valence-electron chi connectivity index (χ1n) is 5.05. The normalized spacial score (nSPS) is 17.0.